The van der Waals surface area contributed by atoms with Crippen molar-refractivity contribution in [2.75, 3.05) is 0 Å². The average Bonchev–Trinajstić information content (AvgIpc) is 3.45. The molecule has 0 atom stereocenters. The van der Waals surface area contributed by atoms with E-state index in [1.165, 1.54) is 12.8 Å². The zero-order valence-corrected chi connectivity index (χ0v) is 19.6. The number of tetrazole rings is 1. The average molecular weight is 446 g/mol. The number of hydrogen-bond acceptors (Lipinski definition) is 5. The normalized spacial score (nSPS) is 11.2. The lowest BCUT2D eigenvalue weighted by Gasteiger charge is -2.10. The lowest BCUT2D eigenvalue weighted by atomic mass is 10.0. The Labute approximate surface area is 193 Å². The van der Waals surface area contributed by atoms with E-state index in [0.29, 0.717) is 12.4 Å². The molecular weight excluding hydrogens is 414 g/mol. The van der Waals surface area contributed by atoms with Gasteiger partial charge in [0.15, 0.2) is 0 Å². The molecule has 0 bridgehead atoms. The van der Waals surface area contributed by atoms with E-state index in [1.807, 2.05) is 21.4 Å². The molecule has 0 aliphatic heterocycles. The predicted molar refractivity (Wildman–Crippen MR) is 129 cm³/mol. The summed E-state index contributed by atoms with van der Waals surface area (Å²) in [5, 5.41) is 14.4. The van der Waals surface area contributed by atoms with Gasteiger partial charge in [-0.1, -0.05) is 51.0 Å². The maximum atomic E-state index is 13.2. The van der Waals surface area contributed by atoms with E-state index < -0.39 is 0 Å². The molecule has 1 N–H and O–H groups in total. The quantitative estimate of drug-likeness (QED) is 0.365. The number of hydrogen-bond donors (Lipinski definition) is 1. The van der Waals surface area contributed by atoms with Crippen LogP contribution in [0.3, 0.4) is 0 Å². The SMILES string of the molecule is CCCCCc1c(C)n(CCC)c(=O)n1Cc1ccc(-c2cnccc2-c2nn[nH]n2)cc1. The van der Waals surface area contributed by atoms with Crippen molar-refractivity contribution in [1.29, 1.82) is 0 Å². The number of unbranched alkanes of at least 4 members (excludes halogenated alkanes) is 2. The molecule has 3 aromatic heterocycles. The van der Waals surface area contributed by atoms with Crippen LogP contribution in [0.2, 0.25) is 0 Å². The maximum absolute atomic E-state index is 13.2. The molecule has 4 rings (SSSR count). The van der Waals surface area contributed by atoms with Crippen LogP contribution in [0.1, 0.15) is 56.5 Å². The first-order valence-electron chi connectivity index (χ1n) is 11.7. The Bertz CT molecular complexity index is 1240. The van der Waals surface area contributed by atoms with Gasteiger partial charge in [0.1, 0.15) is 0 Å². The number of H-pyrrole nitrogens is 1. The summed E-state index contributed by atoms with van der Waals surface area (Å²) in [6.45, 7) is 7.73. The van der Waals surface area contributed by atoms with Gasteiger partial charge in [0.25, 0.3) is 0 Å². The largest absolute Gasteiger partial charge is 0.328 e. The first-order chi connectivity index (χ1) is 16.1. The van der Waals surface area contributed by atoms with Crippen molar-refractivity contribution in [3.05, 3.63) is 70.2 Å². The Hall–Kier alpha value is -3.55. The van der Waals surface area contributed by atoms with Crippen molar-refractivity contribution in [3.8, 4) is 22.5 Å². The lowest BCUT2D eigenvalue weighted by Crippen LogP contribution is -2.26. The zero-order valence-electron chi connectivity index (χ0n) is 19.6. The molecule has 8 heteroatoms. The van der Waals surface area contributed by atoms with Crippen LogP contribution in [0.15, 0.2) is 47.5 Å². The Morgan fingerprint density at radius 2 is 1.79 bits per heavy atom. The third-order valence-corrected chi connectivity index (χ3v) is 6.09. The number of benzene rings is 1. The standard InChI is InChI=1S/C25H31N7O/c1-4-6-7-8-23-18(3)31(15-5-2)25(33)32(23)17-19-9-11-20(12-10-19)22-16-26-14-13-21(22)24-27-29-30-28-24/h9-14,16H,4-8,15,17H2,1-3H3,(H,27,28,29,30). The predicted octanol–water partition coefficient (Wildman–Crippen LogP) is 4.39. The van der Waals surface area contributed by atoms with Gasteiger partial charge in [0.2, 0.25) is 5.82 Å². The van der Waals surface area contributed by atoms with Gasteiger partial charge < -0.3 is 0 Å². The summed E-state index contributed by atoms with van der Waals surface area (Å²) >= 11 is 0. The topological polar surface area (TPSA) is 94.3 Å². The smallest absolute Gasteiger partial charge is 0.296 e. The van der Waals surface area contributed by atoms with Crippen LogP contribution in [0.25, 0.3) is 22.5 Å². The van der Waals surface area contributed by atoms with Crippen LogP contribution in [-0.4, -0.2) is 34.7 Å². The summed E-state index contributed by atoms with van der Waals surface area (Å²) in [6, 6.07) is 10.2. The highest BCUT2D eigenvalue weighted by atomic mass is 16.1. The number of aromatic amines is 1. The van der Waals surface area contributed by atoms with Crippen molar-refractivity contribution >= 4 is 0 Å². The summed E-state index contributed by atoms with van der Waals surface area (Å²) in [4.78, 5) is 17.5. The van der Waals surface area contributed by atoms with E-state index in [4.69, 9.17) is 0 Å². The van der Waals surface area contributed by atoms with Gasteiger partial charge >= 0.3 is 5.69 Å². The summed E-state index contributed by atoms with van der Waals surface area (Å²) in [6.07, 6.45) is 8.86. The third-order valence-electron chi connectivity index (χ3n) is 6.09. The van der Waals surface area contributed by atoms with Crippen LogP contribution in [0, 0.1) is 6.92 Å². The molecule has 0 radical (unpaired) electrons. The molecule has 8 nitrogen and oxygen atoms in total. The fourth-order valence-electron chi connectivity index (χ4n) is 4.33. The fraction of sp³-hybridized carbons (Fsp3) is 0.400. The number of nitrogens with one attached hydrogen (secondary N) is 1. The molecule has 33 heavy (non-hydrogen) atoms. The van der Waals surface area contributed by atoms with Gasteiger partial charge in [-0.25, -0.2) is 4.79 Å². The van der Waals surface area contributed by atoms with E-state index in [1.54, 1.807) is 6.20 Å². The second-order valence-corrected chi connectivity index (χ2v) is 8.36. The van der Waals surface area contributed by atoms with Crippen molar-refractivity contribution in [2.45, 2.75) is 66.0 Å². The maximum Gasteiger partial charge on any atom is 0.328 e. The number of imidazole rings is 1. The van der Waals surface area contributed by atoms with E-state index >= 15 is 0 Å². The first kappa shape index (κ1) is 22.6. The molecule has 3 heterocycles. The molecule has 4 aromatic rings. The Balaban J connectivity index is 1.63. The molecule has 0 aliphatic carbocycles. The van der Waals surface area contributed by atoms with E-state index in [-0.39, 0.29) is 5.69 Å². The molecule has 0 unspecified atom stereocenters. The molecule has 0 fully saturated rings. The highest BCUT2D eigenvalue weighted by Gasteiger charge is 2.17. The zero-order chi connectivity index (χ0) is 23.2. The molecule has 172 valence electrons. The lowest BCUT2D eigenvalue weighted by molar-refractivity contribution is 0.610. The third kappa shape index (κ3) is 4.79. The molecule has 0 amide bonds. The van der Waals surface area contributed by atoms with Gasteiger partial charge in [0, 0.05) is 41.5 Å². The minimum absolute atomic E-state index is 0.0941. The van der Waals surface area contributed by atoms with E-state index in [0.717, 1.165) is 59.4 Å². The highest BCUT2D eigenvalue weighted by Crippen LogP contribution is 2.29. The number of aromatic nitrogens is 7. The second kappa shape index (κ2) is 10.4. The minimum atomic E-state index is 0.0941. The van der Waals surface area contributed by atoms with Crippen molar-refractivity contribution in [3.63, 3.8) is 0 Å². The summed E-state index contributed by atoms with van der Waals surface area (Å²) in [7, 11) is 0. The summed E-state index contributed by atoms with van der Waals surface area (Å²) < 4.78 is 3.90. The molecule has 0 aliphatic rings. The Kier molecular flexibility index (Phi) is 7.12. The summed E-state index contributed by atoms with van der Waals surface area (Å²) in [5.74, 6) is 0.535. The first-order valence-corrected chi connectivity index (χ1v) is 11.7. The summed E-state index contributed by atoms with van der Waals surface area (Å²) in [5.41, 5.74) is 6.28. The second-order valence-electron chi connectivity index (χ2n) is 8.36. The Morgan fingerprint density at radius 1 is 0.970 bits per heavy atom. The molecule has 0 saturated carbocycles. The number of nitrogens with zero attached hydrogens (tertiary/aromatic N) is 6. The van der Waals surface area contributed by atoms with Gasteiger partial charge in [-0.3, -0.25) is 14.1 Å². The van der Waals surface area contributed by atoms with Gasteiger partial charge in [-0.2, -0.15) is 5.21 Å². The van der Waals surface area contributed by atoms with Crippen LogP contribution in [0.4, 0.5) is 0 Å². The monoisotopic (exact) mass is 445 g/mol. The van der Waals surface area contributed by atoms with Crippen LogP contribution in [0.5, 0.6) is 0 Å². The van der Waals surface area contributed by atoms with Gasteiger partial charge in [-0.05, 0) is 48.6 Å². The van der Waals surface area contributed by atoms with Crippen LogP contribution >= 0.6 is 0 Å². The van der Waals surface area contributed by atoms with Gasteiger partial charge in [0.05, 0.1) is 6.54 Å². The van der Waals surface area contributed by atoms with Crippen molar-refractivity contribution in [1.82, 2.24) is 34.7 Å². The fourth-order valence-corrected chi connectivity index (χ4v) is 4.33. The van der Waals surface area contributed by atoms with E-state index in [9.17, 15) is 4.79 Å². The molecule has 0 spiro atoms. The van der Waals surface area contributed by atoms with Gasteiger partial charge in [-0.15, -0.1) is 10.2 Å². The molecule has 0 saturated heterocycles. The minimum Gasteiger partial charge on any atom is -0.296 e. The molecular formula is C25H31N7O. The number of pyridine rings is 1. The number of rotatable bonds is 10. The van der Waals surface area contributed by atoms with E-state index in [2.05, 4.69) is 70.6 Å². The van der Waals surface area contributed by atoms with Crippen LogP contribution < -0.4 is 5.69 Å². The Morgan fingerprint density at radius 3 is 2.48 bits per heavy atom. The van der Waals surface area contributed by atoms with Crippen molar-refractivity contribution in [2.24, 2.45) is 0 Å². The van der Waals surface area contributed by atoms with Crippen molar-refractivity contribution < 1.29 is 0 Å². The van der Waals surface area contributed by atoms with Crippen LogP contribution in [-0.2, 0) is 19.5 Å². The highest BCUT2D eigenvalue weighted by molar-refractivity contribution is 5.79. The molecule has 1 aromatic carbocycles.